The molecule has 0 saturated carbocycles. The van der Waals surface area contributed by atoms with Crippen molar-refractivity contribution in [3.8, 4) is 0 Å². The summed E-state index contributed by atoms with van der Waals surface area (Å²) in [4.78, 5) is 37.1. The molecule has 0 saturated heterocycles. The molecule has 0 radical (unpaired) electrons. The van der Waals surface area contributed by atoms with E-state index in [0.29, 0.717) is 11.4 Å². The van der Waals surface area contributed by atoms with Gasteiger partial charge in [-0.1, -0.05) is 40.7 Å². The van der Waals surface area contributed by atoms with Crippen molar-refractivity contribution in [3.63, 3.8) is 0 Å². The van der Waals surface area contributed by atoms with E-state index in [0.717, 1.165) is 0 Å². The molecule has 0 aliphatic carbocycles. The maximum absolute atomic E-state index is 12.7. The molecular formula is C21H27N3O4. The van der Waals surface area contributed by atoms with Crippen LogP contribution in [0, 0.1) is 11.3 Å². The summed E-state index contributed by atoms with van der Waals surface area (Å²) in [5.74, 6) is -0.922. The number of carbonyl (C=O) groups excluding carboxylic acids is 3. The third kappa shape index (κ3) is 5.70. The zero-order valence-corrected chi connectivity index (χ0v) is 16.8. The number of anilines is 2. The quantitative estimate of drug-likeness (QED) is 0.706. The van der Waals surface area contributed by atoms with Gasteiger partial charge in [-0.15, -0.1) is 0 Å². The lowest BCUT2D eigenvalue weighted by molar-refractivity contribution is -0.123. The molecule has 0 spiro atoms. The Bertz CT molecular complexity index is 836. The zero-order chi connectivity index (χ0) is 20.9. The first-order chi connectivity index (χ1) is 13.1. The van der Waals surface area contributed by atoms with Crippen molar-refractivity contribution >= 4 is 29.1 Å². The largest absolute Gasteiger partial charge is 0.459 e. The predicted octanol–water partition coefficient (Wildman–Crippen LogP) is 3.66. The van der Waals surface area contributed by atoms with E-state index in [1.54, 1.807) is 30.3 Å². The number of nitrogens with one attached hydrogen (secondary N) is 3. The van der Waals surface area contributed by atoms with Crippen LogP contribution in [0.2, 0.25) is 0 Å². The summed E-state index contributed by atoms with van der Waals surface area (Å²) in [5.41, 5.74) is 0.575. The smallest absolute Gasteiger partial charge is 0.287 e. The summed E-state index contributed by atoms with van der Waals surface area (Å²) >= 11 is 0. The molecule has 7 nitrogen and oxygen atoms in total. The second-order valence-corrected chi connectivity index (χ2v) is 7.95. The highest BCUT2D eigenvalue weighted by Gasteiger charge is 2.26. The lowest BCUT2D eigenvalue weighted by Crippen LogP contribution is -2.47. The highest BCUT2D eigenvalue weighted by atomic mass is 16.3. The molecule has 2 aromatic rings. The second kappa shape index (κ2) is 8.73. The molecule has 1 unspecified atom stereocenters. The van der Waals surface area contributed by atoms with E-state index in [1.165, 1.54) is 12.3 Å². The number of benzene rings is 1. The van der Waals surface area contributed by atoms with Crippen LogP contribution in [-0.4, -0.2) is 23.8 Å². The second-order valence-electron chi connectivity index (χ2n) is 7.95. The normalized spacial score (nSPS) is 12.4. The van der Waals surface area contributed by atoms with Crippen molar-refractivity contribution < 1.29 is 18.8 Å². The van der Waals surface area contributed by atoms with Crippen molar-refractivity contribution in [1.82, 2.24) is 5.32 Å². The fraction of sp³-hybridized carbons (Fsp3) is 0.381. The van der Waals surface area contributed by atoms with Gasteiger partial charge in [0.25, 0.3) is 5.91 Å². The van der Waals surface area contributed by atoms with Crippen LogP contribution in [0.4, 0.5) is 11.4 Å². The topological polar surface area (TPSA) is 100 Å². The van der Waals surface area contributed by atoms with Gasteiger partial charge in [0, 0.05) is 16.8 Å². The molecule has 3 N–H and O–H groups in total. The zero-order valence-electron chi connectivity index (χ0n) is 16.8. The van der Waals surface area contributed by atoms with E-state index in [1.807, 2.05) is 34.6 Å². The fourth-order valence-electron chi connectivity index (χ4n) is 2.37. The molecule has 1 aromatic heterocycles. The molecule has 150 valence electrons. The number of hydrogen-bond donors (Lipinski definition) is 3. The number of amides is 3. The van der Waals surface area contributed by atoms with E-state index in [9.17, 15) is 14.4 Å². The Balaban J connectivity index is 2.08. The average Bonchev–Trinajstić information content (AvgIpc) is 3.13. The third-order valence-electron chi connectivity index (χ3n) is 4.05. The molecule has 7 heteroatoms. The maximum Gasteiger partial charge on any atom is 0.287 e. The summed E-state index contributed by atoms with van der Waals surface area (Å²) in [6.45, 7) is 9.15. The molecule has 28 heavy (non-hydrogen) atoms. The minimum atomic E-state index is -0.745. The third-order valence-corrected chi connectivity index (χ3v) is 4.05. The molecule has 1 aromatic carbocycles. The summed E-state index contributed by atoms with van der Waals surface area (Å²) in [6, 6.07) is 9.27. The molecule has 0 aliphatic rings. The van der Waals surface area contributed by atoms with Gasteiger partial charge in [0.2, 0.25) is 11.8 Å². The van der Waals surface area contributed by atoms with Crippen LogP contribution in [-0.2, 0) is 9.59 Å². The summed E-state index contributed by atoms with van der Waals surface area (Å²) in [6.07, 6.45) is 1.40. The van der Waals surface area contributed by atoms with Crippen LogP contribution in [0.15, 0.2) is 47.1 Å². The number of carbonyl (C=O) groups is 3. The molecule has 0 bridgehead atoms. The Morgan fingerprint density at radius 3 is 2.14 bits per heavy atom. The van der Waals surface area contributed by atoms with Gasteiger partial charge in [-0.25, -0.2) is 0 Å². The number of furan rings is 1. The van der Waals surface area contributed by atoms with Crippen molar-refractivity contribution in [2.75, 3.05) is 10.6 Å². The standard InChI is InChI=1S/C21H27N3O4/c1-13(2)17(24-18(25)16-10-7-11-28-16)19(26)22-14-8-6-9-15(12-14)23-20(27)21(3,4)5/h6-13,17H,1-5H3,(H,22,26)(H,23,27)(H,24,25). The van der Waals surface area contributed by atoms with E-state index in [4.69, 9.17) is 4.42 Å². The molecule has 0 fully saturated rings. The Kier molecular flexibility index (Phi) is 6.62. The van der Waals surface area contributed by atoms with Crippen LogP contribution in [0.5, 0.6) is 0 Å². The Morgan fingerprint density at radius 2 is 1.61 bits per heavy atom. The fourth-order valence-corrected chi connectivity index (χ4v) is 2.37. The molecule has 0 aliphatic heterocycles. The first-order valence-electron chi connectivity index (χ1n) is 9.14. The van der Waals surface area contributed by atoms with Gasteiger partial charge in [0.15, 0.2) is 5.76 Å². The summed E-state index contributed by atoms with van der Waals surface area (Å²) < 4.78 is 5.07. The first kappa shape index (κ1) is 21.2. The Labute approximate surface area is 164 Å². The van der Waals surface area contributed by atoms with Crippen LogP contribution >= 0.6 is 0 Å². The molecule has 3 amide bonds. The predicted molar refractivity (Wildman–Crippen MR) is 108 cm³/mol. The van der Waals surface area contributed by atoms with Gasteiger partial charge in [-0.05, 0) is 36.2 Å². The van der Waals surface area contributed by atoms with Gasteiger partial charge >= 0.3 is 0 Å². The first-order valence-corrected chi connectivity index (χ1v) is 9.14. The molecule has 1 heterocycles. The van der Waals surface area contributed by atoms with Crippen LogP contribution in [0.25, 0.3) is 0 Å². The monoisotopic (exact) mass is 385 g/mol. The van der Waals surface area contributed by atoms with Crippen LogP contribution in [0.3, 0.4) is 0 Å². The van der Waals surface area contributed by atoms with Gasteiger partial charge in [-0.3, -0.25) is 14.4 Å². The summed E-state index contributed by atoms with van der Waals surface area (Å²) in [7, 11) is 0. The van der Waals surface area contributed by atoms with Gasteiger partial charge < -0.3 is 20.4 Å². The Morgan fingerprint density at radius 1 is 0.964 bits per heavy atom. The molecular weight excluding hydrogens is 358 g/mol. The van der Waals surface area contributed by atoms with Crippen LogP contribution in [0.1, 0.15) is 45.2 Å². The minimum Gasteiger partial charge on any atom is -0.459 e. The SMILES string of the molecule is CC(C)C(NC(=O)c1ccco1)C(=O)Nc1cccc(NC(=O)C(C)(C)C)c1. The van der Waals surface area contributed by atoms with Crippen molar-refractivity contribution in [1.29, 1.82) is 0 Å². The Hall–Kier alpha value is -3.09. The minimum absolute atomic E-state index is 0.123. The van der Waals surface area contributed by atoms with Crippen molar-refractivity contribution in [3.05, 3.63) is 48.4 Å². The lowest BCUT2D eigenvalue weighted by Gasteiger charge is -2.22. The summed E-state index contributed by atoms with van der Waals surface area (Å²) in [5, 5.41) is 8.31. The van der Waals surface area contributed by atoms with E-state index < -0.39 is 17.4 Å². The van der Waals surface area contributed by atoms with Gasteiger partial charge in [0.1, 0.15) is 6.04 Å². The highest BCUT2D eigenvalue weighted by molar-refractivity contribution is 6.01. The highest BCUT2D eigenvalue weighted by Crippen LogP contribution is 2.20. The number of rotatable bonds is 6. The average molecular weight is 385 g/mol. The lowest BCUT2D eigenvalue weighted by atomic mass is 9.95. The van der Waals surface area contributed by atoms with Crippen LogP contribution < -0.4 is 16.0 Å². The van der Waals surface area contributed by atoms with Crippen molar-refractivity contribution in [2.45, 2.75) is 40.7 Å². The van der Waals surface area contributed by atoms with E-state index >= 15 is 0 Å². The number of hydrogen-bond acceptors (Lipinski definition) is 4. The van der Waals surface area contributed by atoms with Gasteiger partial charge in [0.05, 0.1) is 6.26 Å². The van der Waals surface area contributed by atoms with E-state index in [-0.39, 0.29) is 23.5 Å². The van der Waals surface area contributed by atoms with Gasteiger partial charge in [-0.2, -0.15) is 0 Å². The van der Waals surface area contributed by atoms with Crippen molar-refractivity contribution in [2.24, 2.45) is 11.3 Å². The maximum atomic E-state index is 12.7. The molecule has 1 atom stereocenters. The van der Waals surface area contributed by atoms with E-state index in [2.05, 4.69) is 16.0 Å². The molecule has 2 rings (SSSR count).